The van der Waals surface area contributed by atoms with Gasteiger partial charge in [0.2, 0.25) is 0 Å². The van der Waals surface area contributed by atoms with E-state index in [1.807, 2.05) is 12.5 Å². The van der Waals surface area contributed by atoms with E-state index >= 15 is 0 Å². The van der Waals surface area contributed by atoms with Gasteiger partial charge in [0.15, 0.2) is 0 Å². The Morgan fingerprint density at radius 3 is 2.81 bits per heavy atom. The first-order chi connectivity index (χ1) is 10.3. The van der Waals surface area contributed by atoms with Crippen molar-refractivity contribution < 1.29 is 0 Å². The zero-order valence-electron chi connectivity index (χ0n) is 13.4. The predicted molar refractivity (Wildman–Crippen MR) is 86.3 cm³/mol. The van der Waals surface area contributed by atoms with E-state index in [0.717, 1.165) is 6.54 Å². The molecular weight excluding hydrogens is 260 g/mol. The third kappa shape index (κ3) is 3.49. The number of nitrogens with one attached hydrogen (secondary N) is 1. The van der Waals surface area contributed by atoms with Crippen molar-refractivity contribution in [1.82, 2.24) is 19.8 Å². The van der Waals surface area contributed by atoms with Crippen LogP contribution in [0.1, 0.15) is 51.9 Å². The second kappa shape index (κ2) is 6.93. The predicted octanol–water partition coefficient (Wildman–Crippen LogP) is 2.66. The molecule has 1 aliphatic carbocycles. The van der Waals surface area contributed by atoms with Crippen LogP contribution in [-0.2, 0) is 6.54 Å². The molecule has 1 unspecified atom stereocenters. The number of rotatable bonds is 5. The summed E-state index contributed by atoms with van der Waals surface area (Å²) in [4.78, 5) is 6.96. The number of hydrogen-bond acceptors (Lipinski definition) is 3. The maximum Gasteiger partial charge on any atom is 0.0945 e. The molecule has 2 heterocycles. The molecule has 1 saturated heterocycles. The van der Waals surface area contributed by atoms with E-state index in [4.69, 9.17) is 0 Å². The van der Waals surface area contributed by atoms with Crippen molar-refractivity contribution >= 4 is 0 Å². The van der Waals surface area contributed by atoms with Gasteiger partial charge in [-0.1, -0.05) is 26.2 Å². The molecule has 3 rings (SSSR count). The van der Waals surface area contributed by atoms with Gasteiger partial charge in [0, 0.05) is 50.2 Å². The van der Waals surface area contributed by atoms with Crippen LogP contribution >= 0.6 is 0 Å². The largest absolute Gasteiger partial charge is 0.337 e. The molecule has 1 spiro atoms. The maximum atomic E-state index is 4.14. The molecule has 1 aromatic rings. The lowest BCUT2D eigenvalue weighted by atomic mass is 9.78. The third-order valence-electron chi connectivity index (χ3n) is 5.51. The summed E-state index contributed by atoms with van der Waals surface area (Å²) in [6, 6.07) is 0.686. The Morgan fingerprint density at radius 2 is 2.10 bits per heavy atom. The standard InChI is InChI=1S/C17H30N4/c1-2-16-13-21(11-6-10-20-12-9-18-15-20)17(14-19-16)7-4-3-5-8-17/h9,12,15-16,19H,2-8,10-11,13-14H2,1H3. The van der Waals surface area contributed by atoms with Gasteiger partial charge in [-0.15, -0.1) is 0 Å². The van der Waals surface area contributed by atoms with E-state index in [1.165, 1.54) is 64.6 Å². The second-order valence-electron chi connectivity index (χ2n) is 6.87. The lowest BCUT2D eigenvalue weighted by Gasteiger charge is -2.52. The Labute approximate surface area is 128 Å². The molecule has 21 heavy (non-hydrogen) atoms. The molecule has 2 fully saturated rings. The highest BCUT2D eigenvalue weighted by Crippen LogP contribution is 2.35. The van der Waals surface area contributed by atoms with Crippen molar-refractivity contribution in [3.05, 3.63) is 18.7 Å². The Balaban J connectivity index is 1.59. The summed E-state index contributed by atoms with van der Waals surface area (Å²) in [7, 11) is 0. The van der Waals surface area contributed by atoms with E-state index in [-0.39, 0.29) is 0 Å². The van der Waals surface area contributed by atoms with Gasteiger partial charge in [-0.05, 0) is 25.7 Å². The van der Waals surface area contributed by atoms with E-state index < -0.39 is 0 Å². The van der Waals surface area contributed by atoms with Crippen LogP contribution < -0.4 is 5.32 Å². The maximum absolute atomic E-state index is 4.14. The van der Waals surface area contributed by atoms with E-state index in [9.17, 15) is 0 Å². The van der Waals surface area contributed by atoms with Crippen molar-refractivity contribution in [2.24, 2.45) is 0 Å². The average molecular weight is 290 g/mol. The number of aromatic nitrogens is 2. The van der Waals surface area contributed by atoms with Crippen LogP contribution in [0.15, 0.2) is 18.7 Å². The van der Waals surface area contributed by atoms with Crippen LogP contribution in [0, 0.1) is 0 Å². The van der Waals surface area contributed by atoms with Gasteiger partial charge in [0.25, 0.3) is 0 Å². The third-order valence-corrected chi connectivity index (χ3v) is 5.51. The molecule has 4 nitrogen and oxygen atoms in total. The van der Waals surface area contributed by atoms with E-state index in [1.54, 1.807) is 0 Å². The first-order valence-electron chi connectivity index (χ1n) is 8.76. The lowest BCUT2D eigenvalue weighted by molar-refractivity contribution is 0.00780. The van der Waals surface area contributed by atoms with E-state index in [0.29, 0.717) is 11.6 Å². The molecule has 1 aliphatic heterocycles. The Kier molecular flexibility index (Phi) is 4.96. The van der Waals surface area contributed by atoms with Crippen LogP contribution in [0.25, 0.3) is 0 Å². The Hall–Kier alpha value is -0.870. The van der Waals surface area contributed by atoms with Crippen molar-refractivity contribution in [2.45, 2.75) is 70.0 Å². The molecule has 0 bridgehead atoms. The minimum Gasteiger partial charge on any atom is -0.337 e. The van der Waals surface area contributed by atoms with Gasteiger partial charge in [-0.2, -0.15) is 0 Å². The van der Waals surface area contributed by atoms with Crippen LogP contribution in [-0.4, -0.2) is 45.7 Å². The summed E-state index contributed by atoms with van der Waals surface area (Å²) in [5.74, 6) is 0. The Bertz CT molecular complexity index is 408. The highest BCUT2D eigenvalue weighted by atomic mass is 15.3. The van der Waals surface area contributed by atoms with Gasteiger partial charge in [0.05, 0.1) is 6.33 Å². The van der Waals surface area contributed by atoms with Crippen LogP contribution in [0.5, 0.6) is 0 Å². The number of hydrogen-bond donors (Lipinski definition) is 1. The molecule has 1 aromatic heterocycles. The van der Waals surface area contributed by atoms with Gasteiger partial charge in [-0.3, -0.25) is 4.90 Å². The fourth-order valence-corrected chi connectivity index (χ4v) is 4.14. The fraction of sp³-hybridized carbons (Fsp3) is 0.824. The SMILES string of the molecule is CCC1CN(CCCn2ccnc2)C2(CCCCC2)CN1. The minimum absolute atomic E-state index is 0.457. The molecule has 2 aliphatic rings. The summed E-state index contributed by atoms with van der Waals surface area (Å²) in [5.41, 5.74) is 0.457. The number of aryl methyl sites for hydroxylation is 1. The minimum atomic E-state index is 0.457. The van der Waals surface area contributed by atoms with Crippen molar-refractivity contribution in [3.63, 3.8) is 0 Å². The molecule has 1 saturated carbocycles. The topological polar surface area (TPSA) is 33.1 Å². The summed E-state index contributed by atoms with van der Waals surface area (Å²) in [5, 5.41) is 3.81. The number of piperazine rings is 1. The summed E-state index contributed by atoms with van der Waals surface area (Å²) in [6.45, 7) is 7.07. The monoisotopic (exact) mass is 290 g/mol. The van der Waals surface area contributed by atoms with Crippen LogP contribution in [0.3, 0.4) is 0 Å². The number of nitrogens with zero attached hydrogens (tertiary/aromatic N) is 3. The summed E-state index contributed by atoms with van der Waals surface area (Å²) >= 11 is 0. The van der Waals surface area contributed by atoms with Crippen LogP contribution in [0.2, 0.25) is 0 Å². The highest BCUT2D eigenvalue weighted by molar-refractivity contribution is 5.00. The summed E-state index contributed by atoms with van der Waals surface area (Å²) in [6.07, 6.45) is 15.4. The Morgan fingerprint density at radius 1 is 1.24 bits per heavy atom. The molecule has 118 valence electrons. The summed E-state index contributed by atoms with van der Waals surface area (Å²) < 4.78 is 2.20. The smallest absolute Gasteiger partial charge is 0.0945 e. The highest BCUT2D eigenvalue weighted by Gasteiger charge is 2.41. The lowest BCUT2D eigenvalue weighted by Crippen LogP contribution is -2.65. The van der Waals surface area contributed by atoms with Crippen molar-refractivity contribution in [2.75, 3.05) is 19.6 Å². The van der Waals surface area contributed by atoms with Gasteiger partial charge in [0.1, 0.15) is 0 Å². The molecule has 0 radical (unpaired) electrons. The quantitative estimate of drug-likeness (QED) is 0.905. The fourth-order valence-electron chi connectivity index (χ4n) is 4.14. The van der Waals surface area contributed by atoms with Crippen molar-refractivity contribution in [1.29, 1.82) is 0 Å². The van der Waals surface area contributed by atoms with Gasteiger partial charge in [-0.25, -0.2) is 4.98 Å². The zero-order valence-corrected chi connectivity index (χ0v) is 13.4. The average Bonchev–Trinajstić information content (AvgIpc) is 3.03. The first kappa shape index (κ1) is 15.0. The van der Waals surface area contributed by atoms with E-state index in [2.05, 4.69) is 32.9 Å². The number of imidazole rings is 1. The zero-order chi connectivity index (χ0) is 14.5. The first-order valence-corrected chi connectivity index (χ1v) is 8.76. The molecule has 1 atom stereocenters. The normalized spacial score (nSPS) is 26.2. The molecule has 4 heteroatoms. The molecule has 1 N–H and O–H groups in total. The molecular formula is C17H30N4. The second-order valence-corrected chi connectivity index (χ2v) is 6.87. The van der Waals surface area contributed by atoms with Gasteiger partial charge < -0.3 is 9.88 Å². The molecule has 0 amide bonds. The van der Waals surface area contributed by atoms with Crippen LogP contribution in [0.4, 0.5) is 0 Å². The molecule has 0 aromatic carbocycles. The van der Waals surface area contributed by atoms with Gasteiger partial charge >= 0.3 is 0 Å². The van der Waals surface area contributed by atoms with Crippen molar-refractivity contribution in [3.8, 4) is 0 Å².